The first-order valence-electron chi connectivity index (χ1n) is 6.47. The molecule has 1 amide bonds. The number of nitrogens with zero attached hydrogens (tertiary/aromatic N) is 1. The normalized spacial score (nSPS) is 11.5. The quantitative estimate of drug-likeness (QED) is 0.781. The van der Waals surface area contributed by atoms with Crippen LogP contribution in [0.3, 0.4) is 0 Å². The van der Waals surface area contributed by atoms with Gasteiger partial charge in [-0.15, -0.1) is 0 Å². The van der Waals surface area contributed by atoms with Gasteiger partial charge in [0.2, 0.25) is 15.9 Å². The van der Waals surface area contributed by atoms with Crippen LogP contribution in [0.5, 0.6) is 5.75 Å². The summed E-state index contributed by atoms with van der Waals surface area (Å²) in [6, 6.07) is 4.49. The van der Waals surface area contributed by atoms with Crippen LogP contribution < -0.4 is 10.1 Å². The van der Waals surface area contributed by atoms with Crippen LogP contribution in [-0.4, -0.2) is 45.4 Å². The molecule has 0 aliphatic carbocycles. The number of nitrogens with one attached hydrogen (secondary N) is 1. The van der Waals surface area contributed by atoms with Crippen LogP contribution in [-0.2, 0) is 14.8 Å². The van der Waals surface area contributed by atoms with E-state index in [1.54, 1.807) is 19.9 Å². The van der Waals surface area contributed by atoms with Gasteiger partial charge in [-0.05, 0) is 41.1 Å². The summed E-state index contributed by atoms with van der Waals surface area (Å²) in [5.41, 5.74) is 0. The molecule has 0 aliphatic rings. The number of rotatable bonds is 7. The van der Waals surface area contributed by atoms with Gasteiger partial charge in [0.25, 0.3) is 0 Å². The second-order valence-corrected chi connectivity index (χ2v) is 6.97. The molecule has 1 aromatic rings. The van der Waals surface area contributed by atoms with Crippen molar-refractivity contribution in [1.82, 2.24) is 9.62 Å². The van der Waals surface area contributed by atoms with E-state index in [2.05, 4.69) is 21.2 Å². The molecular weight excluding hydrogens is 360 g/mol. The highest BCUT2D eigenvalue weighted by molar-refractivity contribution is 9.10. The summed E-state index contributed by atoms with van der Waals surface area (Å²) in [7, 11) is -2.22. The molecule has 0 saturated carbocycles. The van der Waals surface area contributed by atoms with Gasteiger partial charge in [-0.25, -0.2) is 8.42 Å². The van der Waals surface area contributed by atoms with Gasteiger partial charge in [-0.1, -0.05) is 6.92 Å². The number of benzene rings is 1. The number of carbonyl (C=O) groups is 1. The Hall–Kier alpha value is -1.12. The maximum Gasteiger partial charge on any atom is 0.243 e. The summed E-state index contributed by atoms with van der Waals surface area (Å²) in [5.74, 6) is 0.219. The van der Waals surface area contributed by atoms with Gasteiger partial charge in [-0.2, -0.15) is 4.31 Å². The zero-order valence-corrected chi connectivity index (χ0v) is 14.6. The molecule has 8 heteroatoms. The molecule has 1 aromatic carbocycles. The molecule has 0 atom stereocenters. The summed E-state index contributed by atoms with van der Waals surface area (Å²) in [4.78, 5) is 11.7. The molecule has 0 radical (unpaired) electrons. The molecule has 0 fully saturated rings. The fourth-order valence-electron chi connectivity index (χ4n) is 1.74. The summed E-state index contributed by atoms with van der Waals surface area (Å²) < 4.78 is 31.8. The fraction of sp³-hybridized carbons (Fsp3) is 0.462. The van der Waals surface area contributed by atoms with Gasteiger partial charge in [0, 0.05) is 13.1 Å². The smallest absolute Gasteiger partial charge is 0.243 e. The topological polar surface area (TPSA) is 75.7 Å². The van der Waals surface area contributed by atoms with Crippen molar-refractivity contribution >= 4 is 31.9 Å². The predicted octanol–water partition coefficient (Wildman–Crippen LogP) is 1.60. The molecule has 0 unspecified atom stereocenters. The summed E-state index contributed by atoms with van der Waals surface area (Å²) in [6.45, 7) is 3.95. The maximum atomic E-state index is 12.5. The van der Waals surface area contributed by atoms with E-state index >= 15 is 0 Å². The third kappa shape index (κ3) is 4.42. The minimum Gasteiger partial charge on any atom is -0.496 e. The molecular formula is C13H19BrN2O4S. The van der Waals surface area contributed by atoms with Crippen LogP contribution in [0.1, 0.15) is 13.8 Å². The van der Waals surface area contributed by atoms with Crippen molar-refractivity contribution in [3.8, 4) is 5.75 Å². The summed E-state index contributed by atoms with van der Waals surface area (Å²) >= 11 is 3.26. The highest BCUT2D eigenvalue weighted by atomic mass is 79.9. The monoisotopic (exact) mass is 378 g/mol. The lowest BCUT2D eigenvalue weighted by Crippen LogP contribution is -2.40. The number of carbonyl (C=O) groups excluding carboxylic acids is 1. The van der Waals surface area contributed by atoms with E-state index in [0.717, 1.165) is 4.31 Å². The average Bonchev–Trinajstić information content (AvgIpc) is 2.44. The number of likely N-dealkylation sites (N-methyl/N-ethyl adjacent to an activating group) is 2. The lowest BCUT2D eigenvalue weighted by atomic mass is 10.3. The summed E-state index contributed by atoms with van der Waals surface area (Å²) in [5, 5.41) is 2.59. The molecule has 118 valence electrons. The van der Waals surface area contributed by atoms with E-state index in [1.807, 2.05) is 0 Å². The van der Waals surface area contributed by atoms with Gasteiger partial charge in [0.05, 0.1) is 23.0 Å². The molecule has 6 nitrogen and oxygen atoms in total. The lowest BCUT2D eigenvalue weighted by molar-refractivity contribution is -0.121. The van der Waals surface area contributed by atoms with Gasteiger partial charge in [0.15, 0.2) is 0 Å². The standard InChI is InChI=1S/C13H19BrN2O4S/c1-4-15-13(17)9-16(5-2)21(18,19)10-6-7-12(20-3)11(14)8-10/h6-8H,4-5,9H2,1-3H3,(H,15,17). The first-order valence-corrected chi connectivity index (χ1v) is 8.70. The van der Waals surface area contributed by atoms with Gasteiger partial charge < -0.3 is 10.1 Å². The molecule has 1 N–H and O–H groups in total. The number of halogens is 1. The Morgan fingerprint density at radius 3 is 2.52 bits per heavy atom. The highest BCUT2D eigenvalue weighted by Gasteiger charge is 2.25. The SMILES string of the molecule is CCNC(=O)CN(CC)S(=O)(=O)c1ccc(OC)c(Br)c1. The average molecular weight is 379 g/mol. The second kappa shape index (κ2) is 7.77. The minimum absolute atomic E-state index is 0.112. The van der Waals surface area contributed by atoms with Crippen LogP contribution in [0.4, 0.5) is 0 Å². The third-order valence-electron chi connectivity index (χ3n) is 2.81. The van der Waals surface area contributed by atoms with Crippen LogP contribution in [0.2, 0.25) is 0 Å². The van der Waals surface area contributed by atoms with E-state index < -0.39 is 10.0 Å². The molecule has 21 heavy (non-hydrogen) atoms. The number of methoxy groups -OCH3 is 1. The Bertz CT molecular complexity index is 604. The number of sulfonamides is 1. The third-order valence-corrected chi connectivity index (χ3v) is 5.34. The Morgan fingerprint density at radius 1 is 1.38 bits per heavy atom. The first kappa shape index (κ1) is 17.9. The molecule has 0 aromatic heterocycles. The van der Waals surface area contributed by atoms with Gasteiger partial charge >= 0.3 is 0 Å². The van der Waals surface area contributed by atoms with E-state index in [9.17, 15) is 13.2 Å². The van der Waals surface area contributed by atoms with Crippen molar-refractivity contribution in [3.63, 3.8) is 0 Å². The maximum absolute atomic E-state index is 12.5. The van der Waals surface area contributed by atoms with Crippen molar-refractivity contribution in [2.45, 2.75) is 18.7 Å². The van der Waals surface area contributed by atoms with Crippen molar-refractivity contribution in [2.24, 2.45) is 0 Å². The van der Waals surface area contributed by atoms with Crippen LogP contribution >= 0.6 is 15.9 Å². The zero-order chi connectivity index (χ0) is 16.0. The van der Waals surface area contributed by atoms with E-state index in [0.29, 0.717) is 16.8 Å². The zero-order valence-electron chi connectivity index (χ0n) is 12.2. The minimum atomic E-state index is -3.73. The van der Waals surface area contributed by atoms with E-state index in [1.165, 1.54) is 19.2 Å². The Labute approximate surface area is 133 Å². The number of ether oxygens (including phenoxy) is 1. The van der Waals surface area contributed by atoms with E-state index in [-0.39, 0.29) is 23.9 Å². The lowest BCUT2D eigenvalue weighted by Gasteiger charge is -2.20. The molecule has 0 spiro atoms. The number of hydrogen-bond acceptors (Lipinski definition) is 4. The molecule has 0 saturated heterocycles. The van der Waals surface area contributed by atoms with Crippen LogP contribution in [0, 0.1) is 0 Å². The molecule has 1 rings (SSSR count). The first-order chi connectivity index (χ1) is 9.86. The van der Waals surface area contributed by atoms with E-state index in [4.69, 9.17) is 4.74 Å². The second-order valence-electron chi connectivity index (χ2n) is 4.18. The van der Waals surface area contributed by atoms with Crippen molar-refractivity contribution < 1.29 is 17.9 Å². The molecule has 0 aliphatic heterocycles. The largest absolute Gasteiger partial charge is 0.496 e. The van der Waals surface area contributed by atoms with Gasteiger partial charge in [-0.3, -0.25) is 4.79 Å². The highest BCUT2D eigenvalue weighted by Crippen LogP contribution is 2.28. The van der Waals surface area contributed by atoms with Crippen molar-refractivity contribution in [1.29, 1.82) is 0 Å². The Morgan fingerprint density at radius 2 is 2.05 bits per heavy atom. The fourth-order valence-corrected chi connectivity index (χ4v) is 3.86. The predicted molar refractivity (Wildman–Crippen MR) is 83.8 cm³/mol. The van der Waals surface area contributed by atoms with Crippen LogP contribution in [0.15, 0.2) is 27.6 Å². The molecule has 0 bridgehead atoms. The Balaban J connectivity index is 3.07. The van der Waals surface area contributed by atoms with Gasteiger partial charge in [0.1, 0.15) is 5.75 Å². The van der Waals surface area contributed by atoms with Crippen molar-refractivity contribution in [3.05, 3.63) is 22.7 Å². The van der Waals surface area contributed by atoms with Crippen LogP contribution in [0.25, 0.3) is 0 Å². The number of amides is 1. The number of hydrogen-bond donors (Lipinski definition) is 1. The van der Waals surface area contributed by atoms with Crippen molar-refractivity contribution in [2.75, 3.05) is 26.7 Å². The Kier molecular flexibility index (Phi) is 6.63. The molecule has 0 heterocycles. The summed E-state index contributed by atoms with van der Waals surface area (Å²) in [6.07, 6.45) is 0.